The Morgan fingerprint density at radius 1 is 0.741 bits per heavy atom. The van der Waals surface area contributed by atoms with Crippen LogP contribution in [0.3, 0.4) is 0 Å². The average Bonchev–Trinajstić information content (AvgIpc) is 4.03. The van der Waals surface area contributed by atoms with Gasteiger partial charge in [-0.05, 0) is 93.6 Å². The first-order valence-electron chi connectivity index (χ1n) is 19.5. The SMILES string of the molecule is COC(=O)NC(C)C(=O)N1CCCC1c1ncc(-c2ccc(C34CCC(c5cnc(C6CCCN6C(=O)C(NC(=O)OC)C(C)C)[nH]5)(CC3)CC4)cc2)[nH]1. The molecule has 2 aromatic heterocycles. The molecule has 5 aliphatic rings. The Labute approximate surface area is 316 Å². The lowest BCUT2D eigenvalue weighted by atomic mass is 9.51. The normalized spacial score (nSPS) is 26.1. The number of methoxy groups -OCH3 is 2. The van der Waals surface area contributed by atoms with E-state index in [0.29, 0.717) is 13.1 Å². The molecule has 4 unspecified atom stereocenters. The number of hydrogen-bond donors (Lipinski definition) is 4. The molecule has 2 saturated heterocycles. The maximum Gasteiger partial charge on any atom is 0.407 e. The molecule has 4 heterocycles. The molecular formula is C40H54N8O6. The smallest absolute Gasteiger partial charge is 0.407 e. The summed E-state index contributed by atoms with van der Waals surface area (Å²) in [4.78, 5) is 70.9. The fourth-order valence-corrected chi connectivity index (χ4v) is 9.51. The molecule has 0 radical (unpaired) electrons. The Bertz CT molecular complexity index is 1830. The number of carbonyl (C=O) groups is 4. The second-order valence-corrected chi connectivity index (χ2v) is 16.1. The first-order valence-corrected chi connectivity index (χ1v) is 19.5. The largest absolute Gasteiger partial charge is 0.453 e. The number of imidazole rings is 2. The lowest BCUT2D eigenvalue weighted by Gasteiger charge is -2.53. The minimum Gasteiger partial charge on any atom is -0.453 e. The van der Waals surface area contributed by atoms with E-state index in [-0.39, 0.29) is 40.6 Å². The minimum absolute atomic E-state index is 0.0578. The fraction of sp³-hybridized carbons (Fsp3) is 0.600. The number of nitrogens with one attached hydrogen (secondary N) is 4. The highest BCUT2D eigenvalue weighted by atomic mass is 16.5. The summed E-state index contributed by atoms with van der Waals surface area (Å²) in [6.45, 7) is 6.77. The average molecular weight is 743 g/mol. The summed E-state index contributed by atoms with van der Waals surface area (Å²) in [6.07, 6.45) is 12.6. The molecule has 4 atom stereocenters. The number of aromatic amines is 2. The first kappa shape index (κ1) is 37.4. The number of aromatic nitrogens is 4. The zero-order valence-electron chi connectivity index (χ0n) is 32.1. The number of carbonyl (C=O) groups excluding carboxylic acids is 4. The van der Waals surface area contributed by atoms with Crippen LogP contribution in [0.15, 0.2) is 36.7 Å². The molecule has 8 rings (SSSR count). The molecule has 54 heavy (non-hydrogen) atoms. The van der Waals surface area contributed by atoms with Gasteiger partial charge < -0.3 is 39.9 Å². The second kappa shape index (κ2) is 15.1. The van der Waals surface area contributed by atoms with Crippen LogP contribution in [0.25, 0.3) is 11.3 Å². The van der Waals surface area contributed by atoms with E-state index in [4.69, 9.17) is 9.72 Å². The number of benzene rings is 1. The van der Waals surface area contributed by atoms with Crippen molar-refractivity contribution in [3.8, 4) is 11.3 Å². The van der Waals surface area contributed by atoms with E-state index in [1.165, 1.54) is 25.5 Å². The number of amides is 4. The molecule has 3 aromatic rings. The van der Waals surface area contributed by atoms with Crippen LogP contribution in [-0.2, 0) is 29.9 Å². The molecule has 14 nitrogen and oxygen atoms in total. The first-order chi connectivity index (χ1) is 26.0. The Morgan fingerprint density at radius 3 is 1.87 bits per heavy atom. The van der Waals surface area contributed by atoms with Crippen LogP contribution in [0.4, 0.5) is 9.59 Å². The van der Waals surface area contributed by atoms with Crippen molar-refractivity contribution in [2.24, 2.45) is 5.92 Å². The summed E-state index contributed by atoms with van der Waals surface area (Å²) in [5.74, 6) is 1.26. The topological polar surface area (TPSA) is 175 Å². The summed E-state index contributed by atoms with van der Waals surface area (Å²) in [5.41, 5.74) is 4.73. The van der Waals surface area contributed by atoms with E-state index in [2.05, 4.69) is 54.6 Å². The van der Waals surface area contributed by atoms with Crippen molar-refractivity contribution in [1.29, 1.82) is 0 Å². The van der Waals surface area contributed by atoms with E-state index in [1.54, 1.807) is 11.8 Å². The van der Waals surface area contributed by atoms with Crippen LogP contribution in [0, 0.1) is 5.92 Å². The van der Waals surface area contributed by atoms with Gasteiger partial charge in [-0.2, -0.15) is 0 Å². The van der Waals surface area contributed by atoms with Crippen molar-refractivity contribution in [3.05, 3.63) is 59.6 Å². The zero-order valence-corrected chi connectivity index (χ0v) is 32.1. The predicted molar refractivity (Wildman–Crippen MR) is 200 cm³/mol. The van der Waals surface area contributed by atoms with Gasteiger partial charge >= 0.3 is 12.2 Å². The fourth-order valence-electron chi connectivity index (χ4n) is 9.51. The van der Waals surface area contributed by atoms with Gasteiger partial charge in [-0.15, -0.1) is 0 Å². The summed E-state index contributed by atoms with van der Waals surface area (Å²) < 4.78 is 9.45. The van der Waals surface area contributed by atoms with Gasteiger partial charge in [0.1, 0.15) is 23.7 Å². The summed E-state index contributed by atoms with van der Waals surface area (Å²) in [7, 11) is 2.59. The Kier molecular flexibility index (Phi) is 10.5. The quantitative estimate of drug-likeness (QED) is 0.202. The predicted octanol–water partition coefficient (Wildman–Crippen LogP) is 5.80. The van der Waals surface area contributed by atoms with Crippen LogP contribution < -0.4 is 10.6 Å². The van der Waals surface area contributed by atoms with Crippen molar-refractivity contribution in [3.63, 3.8) is 0 Å². The van der Waals surface area contributed by atoms with Crippen molar-refractivity contribution in [2.75, 3.05) is 27.3 Å². The molecule has 2 aliphatic heterocycles. The van der Waals surface area contributed by atoms with Crippen LogP contribution in [0.2, 0.25) is 0 Å². The Morgan fingerprint density at radius 2 is 1.28 bits per heavy atom. The van der Waals surface area contributed by atoms with Crippen molar-refractivity contribution < 1.29 is 28.7 Å². The third kappa shape index (κ3) is 6.95. The molecule has 14 heteroatoms. The van der Waals surface area contributed by atoms with Gasteiger partial charge in [0, 0.05) is 30.4 Å². The maximum absolute atomic E-state index is 13.7. The van der Waals surface area contributed by atoms with Gasteiger partial charge in [-0.25, -0.2) is 19.6 Å². The number of alkyl carbamates (subject to hydrolysis) is 2. The van der Waals surface area contributed by atoms with E-state index in [9.17, 15) is 19.2 Å². The molecule has 5 fully saturated rings. The van der Waals surface area contributed by atoms with Crippen molar-refractivity contribution >= 4 is 24.0 Å². The van der Waals surface area contributed by atoms with E-state index in [0.717, 1.165) is 87.1 Å². The highest BCUT2D eigenvalue weighted by Crippen LogP contribution is 2.58. The van der Waals surface area contributed by atoms with Crippen molar-refractivity contribution in [2.45, 2.75) is 120 Å². The van der Waals surface area contributed by atoms with E-state index < -0.39 is 24.3 Å². The molecule has 4 amide bonds. The Balaban J connectivity index is 0.989. The number of hydrogen-bond acceptors (Lipinski definition) is 8. The van der Waals surface area contributed by atoms with Gasteiger partial charge in [0.15, 0.2) is 0 Å². The highest BCUT2D eigenvalue weighted by Gasteiger charge is 2.51. The van der Waals surface area contributed by atoms with E-state index in [1.807, 2.05) is 31.1 Å². The van der Waals surface area contributed by atoms with Gasteiger partial charge in [0.05, 0.1) is 38.2 Å². The number of likely N-dealkylation sites (tertiary alicyclic amines) is 2. The molecular weight excluding hydrogens is 688 g/mol. The second-order valence-electron chi connectivity index (χ2n) is 16.1. The molecule has 0 spiro atoms. The van der Waals surface area contributed by atoms with Gasteiger partial charge in [0.2, 0.25) is 11.8 Å². The summed E-state index contributed by atoms with van der Waals surface area (Å²) in [6, 6.07) is 7.25. The molecule has 3 saturated carbocycles. The number of H-pyrrole nitrogens is 2. The zero-order chi connectivity index (χ0) is 38.2. The van der Waals surface area contributed by atoms with Crippen LogP contribution in [0.1, 0.15) is 120 Å². The number of fused-ring (bicyclic) bond motifs is 3. The monoisotopic (exact) mass is 742 g/mol. The van der Waals surface area contributed by atoms with Crippen LogP contribution >= 0.6 is 0 Å². The summed E-state index contributed by atoms with van der Waals surface area (Å²) >= 11 is 0. The molecule has 290 valence electrons. The lowest BCUT2D eigenvalue weighted by Crippen LogP contribution is -2.51. The van der Waals surface area contributed by atoms with Crippen LogP contribution in [0.5, 0.6) is 0 Å². The molecule has 1 aromatic carbocycles. The molecule has 3 aliphatic carbocycles. The molecule has 2 bridgehead atoms. The van der Waals surface area contributed by atoms with Gasteiger partial charge in [0.25, 0.3) is 0 Å². The minimum atomic E-state index is -0.692. The third-order valence-electron chi connectivity index (χ3n) is 12.8. The highest BCUT2D eigenvalue weighted by molar-refractivity contribution is 5.87. The van der Waals surface area contributed by atoms with Gasteiger partial charge in [-0.3, -0.25) is 9.59 Å². The summed E-state index contributed by atoms with van der Waals surface area (Å²) in [5, 5.41) is 5.31. The Hall–Kier alpha value is -4.88. The lowest BCUT2D eigenvalue weighted by molar-refractivity contribution is -0.135. The number of rotatable bonds is 10. The van der Waals surface area contributed by atoms with Crippen molar-refractivity contribution in [1.82, 2.24) is 40.4 Å². The maximum atomic E-state index is 13.7. The van der Waals surface area contributed by atoms with Crippen LogP contribution in [-0.4, -0.2) is 93.1 Å². The number of ether oxygens (including phenoxy) is 2. The van der Waals surface area contributed by atoms with E-state index >= 15 is 0 Å². The van der Waals surface area contributed by atoms with Gasteiger partial charge in [-0.1, -0.05) is 38.1 Å². The number of nitrogens with zero attached hydrogens (tertiary/aromatic N) is 4. The third-order valence-corrected chi connectivity index (χ3v) is 12.8. The molecule has 4 N–H and O–H groups in total. The standard InChI is InChI=1S/C40H54N8O6/c1-24(2)32(46-38(52)54-5)36(50)48-21-7-9-30(48)34-42-23-31(45-34)40-17-14-39(15-18-40,16-19-40)27-12-10-26(11-13-27)28-22-41-33(44-28)29-8-6-20-47(29)35(49)25(3)43-37(51)53-4/h10-13,22-25,29-30,32H,6-9,14-21H2,1-5H3,(H,41,44)(H,42,45)(H,43,51)(H,46,52).